The van der Waals surface area contributed by atoms with Crippen LogP contribution in [0.2, 0.25) is 0 Å². The second-order valence-corrected chi connectivity index (χ2v) is 6.20. The molecule has 5 N–H and O–H groups in total. The summed E-state index contributed by atoms with van der Waals surface area (Å²) in [7, 11) is 0. The highest BCUT2D eigenvalue weighted by atomic mass is 19.4. The Bertz CT molecular complexity index is 856. The summed E-state index contributed by atoms with van der Waals surface area (Å²) in [5.41, 5.74) is 6.43. The number of halogens is 3. The minimum Gasteiger partial charge on any atom is -0.386 e. The van der Waals surface area contributed by atoms with Gasteiger partial charge in [0.05, 0.1) is 6.42 Å². The Hall–Kier alpha value is -3.64. The van der Waals surface area contributed by atoms with Gasteiger partial charge in [-0.15, -0.1) is 0 Å². The molecule has 0 aromatic heterocycles. The number of nitrogens with two attached hydrogens (primary N) is 1. The van der Waals surface area contributed by atoms with Crippen molar-refractivity contribution in [2.45, 2.75) is 25.1 Å². The van der Waals surface area contributed by atoms with Crippen LogP contribution >= 0.6 is 0 Å². The highest BCUT2D eigenvalue weighted by Gasteiger charge is 2.42. The number of hydrogen-bond acceptors (Lipinski definition) is 6. The molecule has 10 nitrogen and oxygen atoms in total. The second kappa shape index (κ2) is 9.24. The number of hydrogen-bond donors (Lipinski definition) is 4. The molecule has 13 heteroatoms. The highest BCUT2D eigenvalue weighted by molar-refractivity contribution is 6.02. The molecular weight excluding hydrogens is 411 g/mol. The molecule has 162 valence electrons. The zero-order chi connectivity index (χ0) is 22.5. The number of esters is 2. The molecular formula is C17H18F3N5O5. The van der Waals surface area contributed by atoms with Crippen molar-refractivity contribution < 1.29 is 37.1 Å². The van der Waals surface area contributed by atoms with Gasteiger partial charge in [-0.25, -0.2) is 9.59 Å². The summed E-state index contributed by atoms with van der Waals surface area (Å²) < 4.78 is 39.5. The maximum atomic E-state index is 12.5. The number of nitrogens with one attached hydrogen (secondary N) is 3. The Kier molecular flexibility index (Phi) is 6.97. The van der Waals surface area contributed by atoms with Crippen LogP contribution in [-0.2, 0) is 19.1 Å². The number of carbonyl (C=O) groups excluding carboxylic acids is 4. The molecule has 1 saturated heterocycles. The molecule has 1 aromatic rings. The predicted octanol–water partition coefficient (Wildman–Crippen LogP) is 0.397. The molecule has 1 heterocycles. The number of anilines is 1. The van der Waals surface area contributed by atoms with Crippen LogP contribution in [0.15, 0.2) is 24.3 Å². The second-order valence-electron chi connectivity index (χ2n) is 6.20. The number of nitrogen functional groups attached to an aromatic ring is 1. The fourth-order valence-corrected chi connectivity index (χ4v) is 2.59. The highest BCUT2D eigenvalue weighted by Crippen LogP contribution is 2.22. The Morgan fingerprint density at radius 3 is 2.43 bits per heavy atom. The molecule has 0 spiro atoms. The van der Waals surface area contributed by atoms with Gasteiger partial charge in [-0.1, -0.05) is 0 Å². The lowest BCUT2D eigenvalue weighted by molar-refractivity contribution is -0.201. The average Bonchev–Trinajstić information content (AvgIpc) is 3.01. The maximum Gasteiger partial charge on any atom is 0.491 e. The Balaban J connectivity index is 1.78. The Labute approximate surface area is 168 Å². The molecule has 1 aromatic carbocycles. The van der Waals surface area contributed by atoms with E-state index < -0.39 is 43.2 Å². The molecule has 0 saturated carbocycles. The molecule has 1 fully saturated rings. The van der Waals surface area contributed by atoms with Crippen molar-refractivity contribution in [2.24, 2.45) is 5.73 Å². The number of carbonyl (C=O) groups is 4. The van der Waals surface area contributed by atoms with Gasteiger partial charge < -0.3 is 26.0 Å². The van der Waals surface area contributed by atoms with Gasteiger partial charge in [0.2, 0.25) is 5.91 Å². The van der Waals surface area contributed by atoms with Crippen molar-refractivity contribution in [2.75, 3.05) is 18.0 Å². The SMILES string of the molecule is N=C(N)c1ccc(N2CCC(NC(=O)NCCC(=O)OC(=O)C(F)(F)F)C2=O)cc1. The van der Waals surface area contributed by atoms with Crippen molar-refractivity contribution in [1.29, 1.82) is 5.41 Å². The standard InChI is InChI=1S/C17H18F3N5O5/c18-17(19,20)15(28)30-12(26)5-7-23-16(29)24-11-6-8-25(14(11)27)10-3-1-9(2-4-10)13(21)22/h1-4,11H,5-8H2,(H3,21,22)(H2,23,24,29). The molecule has 0 radical (unpaired) electrons. The third-order valence-electron chi connectivity index (χ3n) is 4.05. The summed E-state index contributed by atoms with van der Waals surface area (Å²) in [6.45, 7) is -0.0674. The van der Waals surface area contributed by atoms with Crippen LogP contribution in [0.5, 0.6) is 0 Å². The molecule has 3 amide bonds. The summed E-state index contributed by atoms with van der Waals surface area (Å²) in [5, 5.41) is 12.0. The lowest BCUT2D eigenvalue weighted by Gasteiger charge is -2.17. The van der Waals surface area contributed by atoms with E-state index in [-0.39, 0.29) is 11.7 Å². The molecule has 30 heavy (non-hydrogen) atoms. The number of rotatable bonds is 6. The Morgan fingerprint density at radius 1 is 1.23 bits per heavy atom. The van der Waals surface area contributed by atoms with E-state index in [2.05, 4.69) is 15.4 Å². The van der Waals surface area contributed by atoms with Crippen LogP contribution in [0.4, 0.5) is 23.7 Å². The third kappa shape index (κ3) is 5.93. The van der Waals surface area contributed by atoms with Gasteiger partial charge >= 0.3 is 24.1 Å². The predicted molar refractivity (Wildman–Crippen MR) is 96.5 cm³/mol. The van der Waals surface area contributed by atoms with Crippen LogP contribution in [0.25, 0.3) is 0 Å². The van der Waals surface area contributed by atoms with Crippen LogP contribution in [0.3, 0.4) is 0 Å². The van der Waals surface area contributed by atoms with Gasteiger partial charge in [-0.3, -0.25) is 15.0 Å². The lowest BCUT2D eigenvalue weighted by Crippen LogP contribution is -2.46. The quantitative estimate of drug-likeness (QED) is 0.222. The van der Waals surface area contributed by atoms with E-state index >= 15 is 0 Å². The summed E-state index contributed by atoms with van der Waals surface area (Å²) in [6.07, 6.45) is -5.65. The number of nitrogens with zero attached hydrogens (tertiary/aromatic N) is 1. The van der Waals surface area contributed by atoms with E-state index in [4.69, 9.17) is 11.1 Å². The van der Waals surface area contributed by atoms with Gasteiger partial charge in [0.1, 0.15) is 11.9 Å². The van der Waals surface area contributed by atoms with Gasteiger partial charge in [0, 0.05) is 24.3 Å². The van der Waals surface area contributed by atoms with E-state index in [1.54, 1.807) is 24.3 Å². The first kappa shape index (κ1) is 22.6. The Morgan fingerprint density at radius 2 is 1.87 bits per heavy atom. The van der Waals surface area contributed by atoms with E-state index in [1.165, 1.54) is 4.90 Å². The normalized spacial score (nSPS) is 16.2. The van der Waals surface area contributed by atoms with E-state index in [9.17, 15) is 32.3 Å². The third-order valence-corrected chi connectivity index (χ3v) is 4.05. The average molecular weight is 429 g/mol. The number of amidine groups is 1. The number of alkyl halides is 3. The molecule has 0 bridgehead atoms. The molecule has 2 rings (SSSR count). The smallest absolute Gasteiger partial charge is 0.386 e. The first-order valence-corrected chi connectivity index (χ1v) is 8.61. The number of urea groups is 1. The first-order chi connectivity index (χ1) is 14.0. The number of amides is 3. The molecule has 1 aliphatic heterocycles. The largest absolute Gasteiger partial charge is 0.491 e. The van der Waals surface area contributed by atoms with E-state index in [1.807, 2.05) is 0 Å². The molecule has 1 aliphatic rings. The summed E-state index contributed by atoms with van der Waals surface area (Å²) in [6, 6.07) is 4.76. The van der Waals surface area contributed by atoms with Crippen molar-refractivity contribution >= 4 is 35.4 Å². The topological polar surface area (TPSA) is 155 Å². The maximum absolute atomic E-state index is 12.5. The number of ether oxygens (including phenoxy) is 1. The van der Waals surface area contributed by atoms with Gasteiger partial charge in [0.15, 0.2) is 0 Å². The van der Waals surface area contributed by atoms with Crippen molar-refractivity contribution in [3.8, 4) is 0 Å². The fraction of sp³-hybridized carbons (Fsp3) is 0.353. The minimum absolute atomic E-state index is 0.114. The van der Waals surface area contributed by atoms with Crippen molar-refractivity contribution in [1.82, 2.24) is 10.6 Å². The van der Waals surface area contributed by atoms with Crippen LogP contribution in [0.1, 0.15) is 18.4 Å². The molecule has 1 unspecified atom stereocenters. The fourth-order valence-electron chi connectivity index (χ4n) is 2.59. The van der Waals surface area contributed by atoms with Gasteiger partial charge in [-0.2, -0.15) is 13.2 Å². The number of benzene rings is 1. The lowest BCUT2D eigenvalue weighted by atomic mass is 10.2. The van der Waals surface area contributed by atoms with Gasteiger partial charge in [0.25, 0.3) is 0 Å². The molecule has 1 atom stereocenters. The van der Waals surface area contributed by atoms with Crippen LogP contribution in [-0.4, -0.2) is 55.0 Å². The zero-order valence-corrected chi connectivity index (χ0v) is 15.4. The van der Waals surface area contributed by atoms with Crippen molar-refractivity contribution in [3.63, 3.8) is 0 Å². The summed E-state index contributed by atoms with van der Waals surface area (Å²) in [4.78, 5) is 47.4. The van der Waals surface area contributed by atoms with E-state index in [0.29, 0.717) is 24.2 Å². The van der Waals surface area contributed by atoms with Crippen LogP contribution in [0, 0.1) is 5.41 Å². The van der Waals surface area contributed by atoms with E-state index in [0.717, 1.165) is 0 Å². The van der Waals surface area contributed by atoms with Crippen LogP contribution < -0.4 is 21.3 Å². The minimum atomic E-state index is -5.29. The monoisotopic (exact) mass is 429 g/mol. The van der Waals surface area contributed by atoms with Crippen molar-refractivity contribution in [3.05, 3.63) is 29.8 Å². The first-order valence-electron chi connectivity index (χ1n) is 8.61. The summed E-state index contributed by atoms with van der Waals surface area (Å²) in [5.74, 6) is -4.58. The molecule has 0 aliphatic carbocycles. The van der Waals surface area contributed by atoms with Gasteiger partial charge in [-0.05, 0) is 30.7 Å². The summed E-state index contributed by atoms with van der Waals surface area (Å²) >= 11 is 0. The zero-order valence-electron chi connectivity index (χ0n) is 15.4.